The van der Waals surface area contributed by atoms with Gasteiger partial charge in [-0.3, -0.25) is 0 Å². The molecular weight excluding hydrogens is 271 g/mol. The molecule has 0 bridgehead atoms. The van der Waals surface area contributed by atoms with Gasteiger partial charge >= 0.3 is 0 Å². The van der Waals surface area contributed by atoms with Crippen LogP contribution in [0.1, 0.15) is 5.69 Å². The molecule has 0 saturated heterocycles. The zero-order valence-corrected chi connectivity index (χ0v) is 11.0. The van der Waals surface area contributed by atoms with Gasteiger partial charge in [0.05, 0.1) is 5.69 Å². The van der Waals surface area contributed by atoms with Gasteiger partial charge in [-0.2, -0.15) is 4.99 Å². The maximum Gasteiger partial charge on any atom is 0.212 e. The zero-order valence-electron chi connectivity index (χ0n) is 9.34. The number of halogens is 1. The Morgan fingerprint density at radius 3 is 2.72 bits per heavy atom. The Labute approximate surface area is 112 Å². The summed E-state index contributed by atoms with van der Waals surface area (Å²) in [7, 11) is 0. The van der Waals surface area contributed by atoms with Crippen molar-refractivity contribution in [2.75, 3.05) is 0 Å². The molecule has 1 heterocycles. The van der Waals surface area contributed by atoms with Crippen LogP contribution in [0, 0.1) is 5.82 Å². The van der Waals surface area contributed by atoms with E-state index in [1.807, 2.05) is 5.38 Å². The van der Waals surface area contributed by atoms with Crippen molar-refractivity contribution >= 4 is 34.2 Å². The number of thioether (sulfide) groups is 1. The van der Waals surface area contributed by atoms with E-state index in [1.54, 1.807) is 23.9 Å². The normalized spacial score (nSPS) is 10.3. The highest BCUT2D eigenvalue weighted by Gasteiger charge is 2.02. The summed E-state index contributed by atoms with van der Waals surface area (Å²) in [6.45, 7) is 0. The number of guanidine groups is 1. The fraction of sp³-hybridized carbons (Fsp3) is 0.0909. The van der Waals surface area contributed by atoms with Crippen molar-refractivity contribution in [1.82, 2.24) is 4.98 Å². The number of nitrogens with two attached hydrogens (primary N) is 2. The Kier molecular flexibility index (Phi) is 4.16. The minimum atomic E-state index is -0.233. The molecule has 1 aromatic carbocycles. The number of aromatic nitrogens is 1. The predicted octanol–water partition coefficient (Wildman–Crippen LogP) is 2.48. The lowest BCUT2D eigenvalue weighted by Gasteiger charge is -1.98. The highest BCUT2D eigenvalue weighted by atomic mass is 32.2. The van der Waals surface area contributed by atoms with Crippen LogP contribution in [-0.2, 0) is 5.75 Å². The molecular formula is C11H11FN4S2. The van der Waals surface area contributed by atoms with Gasteiger partial charge in [0.2, 0.25) is 5.13 Å². The summed E-state index contributed by atoms with van der Waals surface area (Å²) in [5.41, 5.74) is 11.4. The van der Waals surface area contributed by atoms with E-state index in [0.717, 1.165) is 10.6 Å². The summed E-state index contributed by atoms with van der Waals surface area (Å²) in [5.74, 6) is 0.465. The highest BCUT2D eigenvalue weighted by molar-refractivity contribution is 7.98. The average Bonchev–Trinajstić information content (AvgIpc) is 2.75. The number of hydrogen-bond donors (Lipinski definition) is 2. The SMILES string of the molecule is NC(N)=Nc1nc(CSc2ccc(F)cc2)cs1. The first-order valence-electron chi connectivity index (χ1n) is 5.06. The van der Waals surface area contributed by atoms with Gasteiger partial charge in [-0.1, -0.05) is 0 Å². The molecule has 2 aromatic rings. The van der Waals surface area contributed by atoms with Crippen molar-refractivity contribution in [3.8, 4) is 0 Å². The monoisotopic (exact) mass is 282 g/mol. The van der Waals surface area contributed by atoms with E-state index >= 15 is 0 Å². The van der Waals surface area contributed by atoms with Crippen LogP contribution in [0.2, 0.25) is 0 Å². The Bertz CT molecular complexity index is 546. The molecule has 0 aliphatic carbocycles. The van der Waals surface area contributed by atoms with Crippen molar-refractivity contribution < 1.29 is 4.39 Å². The molecule has 1 aromatic heterocycles. The molecule has 0 fully saturated rings. The summed E-state index contributed by atoms with van der Waals surface area (Å²) in [6, 6.07) is 6.36. The van der Waals surface area contributed by atoms with Gasteiger partial charge in [-0.05, 0) is 24.3 Å². The van der Waals surface area contributed by atoms with Crippen LogP contribution < -0.4 is 11.5 Å². The summed E-state index contributed by atoms with van der Waals surface area (Å²) in [6.07, 6.45) is 0. The Hall–Kier alpha value is -1.60. The van der Waals surface area contributed by atoms with Gasteiger partial charge in [0, 0.05) is 16.0 Å². The van der Waals surface area contributed by atoms with Crippen LogP contribution in [0.4, 0.5) is 9.52 Å². The smallest absolute Gasteiger partial charge is 0.212 e. The summed E-state index contributed by atoms with van der Waals surface area (Å²) in [4.78, 5) is 9.12. The second-order valence-electron chi connectivity index (χ2n) is 3.40. The molecule has 0 aliphatic heterocycles. The lowest BCUT2D eigenvalue weighted by Crippen LogP contribution is -2.21. The number of thiazole rings is 1. The number of benzene rings is 1. The second kappa shape index (κ2) is 5.83. The minimum absolute atomic E-state index is 0.00193. The molecule has 2 rings (SSSR count). The van der Waals surface area contributed by atoms with Crippen LogP contribution in [0.15, 0.2) is 39.5 Å². The molecule has 7 heteroatoms. The topological polar surface area (TPSA) is 77.3 Å². The van der Waals surface area contributed by atoms with Gasteiger partial charge in [-0.25, -0.2) is 9.37 Å². The number of aliphatic imine (C=N–C) groups is 1. The molecule has 18 heavy (non-hydrogen) atoms. The first-order chi connectivity index (χ1) is 8.63. The highest BCUT2D eigenvalue weighted by Crippen LogP contribution is 2.26. The average molecular weight is 282 g/mol. The summed E-state index contributed by atoms with van der Waals surface area (Å²) in [5, 5.41) is 2.45. The second-order valence-corrected chi connectivity index (χ2v) is 5.29. The Balaban J connectivity index is 1.96. The molecule has 4 N–H and O–H groups in total. The largest absolute Gasteiger partial charge is 0.370 e. The molecule has 0 spiro atoms. The molecule has 0 atom stereocenters. The molecule has 0 aliphatic rings. The van der Waals surface area contributed by atoms with E-state index in [-0.39, 0.29) is 11.8 Å². The van der Waals surface area contributed by atoms with E-state index in [0.29, 0.717) is 10.9 Å². The number of hydrogen-bond acceptors (Lipinski definition) is 4. The standard InChI is InChI=1S/C11H11FN4S2/c12-7-1-3-9(4-2-7)17-5-8-6-18-11(15-8)16-10(13)14/h1-4,6H,5H2,(H4,13,14,15,16). The molecule has 0 saturated carbocycles. The third-order valence-electron chi connectivity index (χ3n) is 1.96. The van der Waals surface area contributed by atoms with Gasteiger partial charge in [0.25, 0.3) is 0 Å². The quantitative estimate of drug-likeness (QED) is 0.513. The summed E-state index contributed by atoms with van der Waals surface area (Å²) >= 11 is 2.96. The van der Waals surface area contributed by atoms with E-state index in [9.17, 15) is 4.39 Å². The first kappa shape index (κ1) is 12.8. The molecule has 0 radical (unpaired) electrons. The van der Waals surface area contributed by atoms with Gasteiger partial charge < -0.3 is 11.5 Å². The maximum atomic E-state index is 12.7. The fourth-order valence-electron chi connectivity index (χ4n) is 1.21. The fourth-order valence-corrected chi connectivity index (χ4v) is 2.81. The number of rotatable bonds is 4. The first-order valence-corrected chi connectivity index (χ1v) is 6.92. The van der Waals surface area contributed by atoms with Gasteiger partial charge in [-0.15, -0.1) is 23.1 Å². The Morgan fingerprint density at radius 1 is 1.33 bits per heavy atom. The van der Waals surface area contributed by atoms with E-state index in [4.69, 9.17) is 11.5 Å². The van der Waals surface area contributed by atoms with Gasteiger partial charge in [0.1, 0.15) is 5.82 Å². The van der Waals surface area contributed by atoms with E-state index in [1.165, 1.54) is 23.5 Å². The van der Waals surface area contributed by atoms with Gasteiger partial charge in [0.15, 0.2) is 5.96 Å². The maximum absolute atomic E-state index is 12.7. The molecule has 4 nitrogen and oxygen atoms in total. The summed E-state index contributed by atoms with van der Waals surface area (Å²) < 4.78 is 12.7. The molecule has 94 valence electrons. The Morgan fingerprint density at radius 2 is 2.06 bits per heavy atom. The lowest BCUT2D eigenvalue weighted by molar-refractivity contribution is 0.626. The van der Waals surface area contributed by atoms with Crippen LogP contribution in [0.3, 0.4) is 0 Å². The zero-order chi connectivity index (χ0) is 13.0. The van der Waals surface area contributed by atoms with Crippen LogP contribution in [0.25, 0.3) is 0 Å². The van der Waals surface area contributed by atoms with Crippen molar-refractivity contribution in [3.05, 3.63) is 41.2 Å². The van der Waals surface area contributed by atoms with E-state index < -0.39 is 0 Å². The van der Waals surface area contributed by atoms with Crippen molar-refractivity contribution in [3.63, 3.8) is 0 Å². The van der Waals surface area contributed by atoms with Crippen LogP contribution >= 0.6 is 23.1 Å². The number of nitrogens with zero attached hydrogens (tertiary/aromatic N) is 2. The minimum Gasteiger partial charge on any atom is -0.370 e. The molecule has 0 amide bonds. The van der Waals surface area contributed by atoms with Crippen molar-refractivity contribution in [2.24, 2.45) is 16.5 Å². The van der Waals surface area contributed by atoms with Crippen molar-refractivity contribution in [2.45, 2.75) is 10.6 Å². The molecule has 0 unspecified atom stereocenters. The predicted molar refractivity (Wildman–Crippen MR) is 73.5 cm³/mol. The lowest BCUT2D eigenvalue weighted by atomic mass is 10.4. The van der Waals surface area contributed by atoms with Crippen molar-refractivity contribution in [1.29, 1.82) is 0 Å². The third kappa shape index (κ3) is 3.71. The van der Waals surface area contributed by atoms with Crippen LogP contribution in [-0.4, -0.2) is 10.9 Å². The van der Waals surface area contributed by atoms with E-state index in [2.05, 4.69) is 9.98 Å². The third-order valence-corrected chi connectivity index (χ3v) is 3.79. The van der Waals surface area contributed by atoms with Crippen LogP contribution in [0.5, 0.6) is 0 Å².